The van der Waals surface area contributed by atoms with Crippen LogP contribution in [0.25, 0.3) is 11.1 Å². The highest BCUT2D eigenvalue weighted by molar-refractivity contribution is 5.81. The van der Waals surface area contributed by atoms with E-state index in [0.29, 0.717) is 5.91 Å². The van der Waals surface area contributed by atoms with Crippen molar-refractivity contribution in [1.29, 1.82) is 0 Å². The molecule has 170 valence electrons. The average molecular weight is 435 g/mol. The van der Waals surface area contributed by atoms with Crippen molar-refractivity contribution >= 4 is 11.6 Å². The first kappa shape index (κ1) is 21.3. The van der Waals surface area contributed by atoms with Crippen molar-refractivity contribution in [3.8, 4) is 16.9 Å². The maximum atomic E-state index is 13.6. The molecule has 1 aliphatic carbocycles. The molecule has 0 bridgehead atoms. The zero-order valence-corrected chi connectivity index (χ0v) is 19.2. The Bertz CT molecular complexity index is 967. The molecule has 3 atom stereocenters. The molecule has 0 radical (unpaired) electrons. The van der Waals surface area contributed by atoms with Gasteiger partial charge in [0.05, 0.1) is 25.8 Å². The second kappa shape index (κ2) is 8.78. The summed E-state index contributed by atoms with van der Waals surface area (Å²) in [7, 11) is 3.76. The molecule has 2 heterocycles. The summed E-state index contributed by atoms with van der Waals surface area (Å²) in [6.45, 7) is 0.907. The van der Waals surface area contributed by atoms with Crippen LogP contribution in [-0.2, 0) is 4.79 Å². The number of amides is 1. The van der Waals surface area contributed by atoms with Gasteiger partial charge in [0.1, 0.15) is 5.75 Å². The number of methoxy groups -OCH3 is 1. The fourth-order valence-electron chi connectivity index (χ4n) is 6.25. The summed E-state index contributed by atoms with van der Waals surface area (Å²) in [6.07, 6.45) is 6.58. The monoisotopic (exact) mass is 434 g/mol. The zero-order chi connectivity index (χ0) is 22.2. The Kier molecular flexibility index (Phi) is 5.85. The van der Waals surface area contributed by atoms with E-state index in [4.69, 9.17) is 4.74 Å². The van der Waals surface area contributed by atoms with Crippen LogP contribution in [-0.4, -0.2) is 49.3 Å². The standard InChI is InChI=1S/C27H34N2O3/c1-28-24-13-10-20(18-8-11-21(32-2)12-9-18)16-23(24)26-22(25(28)17-30)14-15-29(26)27(31)19-6-4-3-5-7-19/h8-13,16,19,22,25-26,30H,3-7,14-15,17H2,1-2H3/t22-,25+,26-/m1/s1. The molecule has 5 heteroatoms. The lowest BCUT2D eigenvalue weighted by Gasteiger charge is -2.45. The van der Waals surface area contributed by atoms with Gasteiger partial charge >= 0.3 is 0 Å². The normalized spacial score (nSPS) is 25.4. The van der Waals surface area contributed by atoms with Crippen LogP contribution in [0.15, 0.2) is 42.5 Å². The van der Waals surface area contributed by atoms with Crippen molar-refractivity contribution < 1.29 is 14.6 Å². The lowest BCUT2D eigenvalue weighted by Crippen LogP contribution is -2.49. The van der Waals surface area contributed by atoms with Crippen LogP contribution in [0.4, 0.5) is 5.69 Å². The van der Waals surface area contributed by atoms with Crippen molar-refractivity contribution in [3.05, 3.63) is 48.0 Å². The number of ether oxygens (including phenoxy) is 1. The third-order valence-electron chi connectivity index (χ3n) is 8.01. The molecule has 2 aromatic carbocycles. The molecule has 1 amide bonds. The highest BCUT2D eigenvalue weighted by atomic mass is 16.5. The quantitative estimate of drug-likeness (QED) is 0.762. The number of fused-ring (bicyclic) bond motifs is 3. The molecule has 2 fully saturated rings. The summed E-state index contributed by atoms with van der Waals surface area (Å²) in [5.41, 5.74) is 4.64. The lowest BCUT2D eigenvalue weighted by atomic mass is 9.80. The van der Waals surface area contributed by atoms with Gasteiger partial charge in [0, 0.05) is 31.1 Å². The summed E-state index contributed by atoms with van der Waals surface area (Å²) in [5, 5.41) is 10.2. The molecule has 1 N–H and O–H groups in total. The van der Waals surface area contributed by atoms with Crippen LogP contribution in [0.5, 0.6) is 5.75 Å². The number of carbonyl (C=O) groups is 1. The Labute approximate surface area is 191 Å². The van der Waals surface area contributed by atoms with E-state index >= 15 is 0 Å². The van der Waals surface area contributed by atoms with E-state index in [-0.39, 0.29) is 30.5 Å². The van der Waals surface area contributed by atoms with E-state index in [0.717, 1.165) is 48.4 Å². The zero-order valence-electron chi connectivity index (χ0n) is 19.2. The maximum Gasteiger partial charge on any atom is 0.226 e. The number of hydrogen-bond donors (Lipinski definition) is 1. The molecule has 5 nitrogen and oxygen atoms in total. The van der Waals surface area contributed by atoms with Crippen LogP contribution in [0, 0.1) is 11.8 Å². The Hall–Kier alpha value is -2.53. The molecule has 0 aromatic heterocycles. The molecular weight excluding hydrogens is 400 g/mol. The van der Waals surface area contributed by atoms with Gasteiger partial charge in [-0.15, -0.1) is 0 Å². The topological polar surface area (TPSA) is 53.0 Å². The van der Waals surface area contributed by atoms with E-state index in [2.05, 4.69) is 47.2 Å². The van der Waals surface area contributed by atoms with Crippen molar-refractivity contribution in [2.45, 2.75) is 50.6 Å². The van der Waals surface area contributed by atoms with Gasteiger partial charge < -0.3 is 19.6 Å². The molecule has 0 unspecified atom stereocenters. The molecular formula is C27H34N2O3. The first-order chi connectivity index (χ1) is 15.6. The van der Waals surface area contributed by atoms with Crippen molar-refractivity contribution in [2.75, 3.05) is 32.2 Å². The SMILES string of the molecule is COc1ccc(-c2ccc3c(c2)[C@H]2[C@H](CCN2C(=O)C2CCCCC2)[C@H](CO)N3C)cc1. The van der Waals surface area contributed by atoms with Crippen LogP contribution < -0.4 is 9.64 Å². The van der Waals surface area contributed by atoms with E-state index in [1.165, 1.54) is 24.8 Å². The summed E-state index contributed by atoms with van der Waals surface area (Å²) >= 11 is 0. The number of carbonyl (C=O) groups excluding carboxylic acids is 1. The summed E-state index contributed by atoms with van der Waals surface area (Å²) < 4.78 is 5.31. The number of benzene rings is 2. The van der Waals surface area contributed by atoms with Gasteiger partial charge in [-0.05, 0) is 60.2 Å². The van der Waals surface area contributed by atoms with E-state index in [1.54, 1.807) is 7.11 Å². The molecule has 2 aromatic rings. The molecule has 5 rings (SSSR count). The van der Waals surface area contributed by atoms with Crippen molar-refractivity contribution in [3.63, 3.8) is 0 Å². The van der Waals surface area contributed by atoms with Gasteiger partial charge in [0.15, 0.2) is 0 Å². The Morgan fingerprint density at radius 3 is 2.44 bits per heavy atom. The molecule has 2 aliphatic heterocycles. The van der Waals surface area contributed by atoms with Gasteiger partial charge in [-0.2, -0.15) is 0 Å². The smallest absolute Gasteiger partial charge is 0.226 e. The number of aliphatic hydroxyl groups is 1. The van der Waals surface area contributed by atoms with Gasteiger partial charge in [-0.25, -0.2) is 0 Å². The number of likely N-dealkylation sites (tertiary alicyclic amines) is 1. The minimum absolute atomic E-state index is 0.0449. The fourth-order valence-corrected chi connectivity index (χ4v) is 6.25. The molecule has 1 saturated carbocycles. The minimum atomic E-state index is 0.0449. The van der Waals surface area contributed by atoms with Crippen LogP contribution in [0.1, 0.15) is 50.1 Å². The molecule has 1 saturated heterocycles. The highest BCUT2D eigenvalue weighted by Crippen LogP contribution is 2.50. The van der Waals surface area contributed by atoms with E-state index in [9.17, 15) is 9.90 Å². The molecule has 0 spiro atoms. The Morgan fingerprint density at radius 2 is 1.75 bits per heavy atom. The third-order valence-corrected chi connectivity index (χ3v) is 8.01. The second-order valence-electron chi connectivity index (χ2n) is 9.63. The van der Waals surface area contributed by atoms with Crippen LogP contribution >= 0.6 is 0 Å². The summed E-state index contributed by atoms with van der Waals surface area (Å²) in [5.74, 6) is 1.61. The third kappa shape index (κ3) is 3.57. The van der Waals surface area contributed by atoms with Crippen molar-refractivity contribution in [1.82, 2.24) is 4.90 Å². The van der Waals surface area contributed by atoms with E-state index < -0.39 is 0 Å². The van der Waals surface area contributed by atoms with Gasteiger partial charge in [-0.3, -0.25) is 4.79 Å². The van der Waals surface area contributed by atoms with Crippen LogP contribution in [0.3, 0.4) is 0 Å². The van der Waals surface area contributed by atoms with Gasteiger partial charge in [-0.1, -0.05) is 37.5 Å². The average Bonchev–Trinajstić information content (AvgIpc) is 3.29. The molecule has 3 aliphatic rings. The number of rotatable bonds is 4. The van der Waals surface area contributed by atoms with Crippen LogP contribution in [0.2, 0.25) is 0 Å². The summed E-state index contributed by atoms with van der Waals surface area (Å²) in [6, 6.07) is 14.8. The maximum absolute atomic E-state index is 13.6. The number of aliphatic hydroxyl groups excluding tert-OH is 1. The predicted molar refractivity (Wildman–Crippen MR) is 127 cm³/mol. The first-order valence-electron chi connectivity index (χ1n) is 12.0. The molecule has 32 heavy (non-hydrogen) atoms. The highest BCUT2D eigenvalue weighted by Gasteiger charge is 2.48. The number of nitrogens with zero attached hydrogens (tertiary/aromatic N) is 2. The van der Waals surface area contributed by atoms with Crippen molar-refractivity contribution in [2.24, 2.45) is 11.8 Å². The Morgan fingerprint density at radius 1 is 1.03 bits per heavy atom. The summed E-state index contributed by atoms with van der Waals surface area (Å²) in [4.78, 5) is 18.0. The van der Waals surface area contributed by atoms with Gasteiger partial charge in [0.25, 0.3) is 0 Å². The number of hydrogen-bond acceptors (Lipinski definition) is 4. The first-order valence-corrected chi connectivity index (χ1v) is 12.0. The second-order valence-corrected chi connectivity index (χ2v) is 9.63. The Balaban J connectivity index is 1.54. The predicted octanol–water partition coefficient (Wildman–Crippen LogP) is 4.64. The van der Waals surface area contributed by atoms with E-state index in [1.807, 2.05) is 12.1 Å². The number of likely N-dealkylation sites (N-methyl/N-ethyl adjacent to an activating group) is 1. The minimum Gasteiger partial charge on any atom is -0.497 e. The fraction of sp³-hybridized carbons (Fsp3) is 0.519. The lowest BCUT2D eigenvalue weighted by molar-refractivity contribution is -0.138. The number of anilines is 1. The largest absolute Gasteiger partial charge is 0.497 e. The van der Waals surface area contributed by atoms with Gasteiger partial charge in [0.2, 0.25) is 5.91 Å².